The van der Waals surface area contributed by atoms with E-state index in [0.717, 1.165) is 0 Å². The van der Waals surface area contributed by atoms with Crippen molar-refractivity contribution in [2.24, 2.45) is 0 Å². The highest BCUT2D eigenvalue weighted by Crippen LogP contribution is 2.20. The third-order valence-corrected chi connectivity index (χ3v) is 1.21. The van der Waals surface area contributed by atoms with Crippen LogP contribution in [0.15, 0.2) is 0 Å². The Balaban J connectivity index is -0.000000245. The molecule has 0 aliphatic heterocycles. The Morgan fingerprint density at radius 2 is 1.38 bits per heavy atom. The number of hydrogen-bond acceptors (Lipinski definition) is 1. The summed E-state index contributed by atoms with van der Waals surface area (Å²) >= 11 is 0. The number of nitrogens with one attached hydrogen (secondary N) is 1. The van der Waals surface area contributed by atoms with Gasteiger partial charge in [-0.25, -0.2) is 8.78 Å². The molecule has 1 N–H and O–H groups in total. The molecule has 0 aliphatic carbocycles. The molecule has 0 atom stereocenters. The second kappa shape index (κ2) is 14.0. The van der Waals surface area contributed by atoms with Crippen molar-refractivity contribution >= 4 is 0 Å². The largest absolute Gasteiger partial charge is 0.280 e. The predicted molar refractivity (Wildman–Crippen MR) is 62.3 cm³/mol. The molecule has 0 aliphatic rings. The molecule has 16 heavy (non-hydrogen) atoms. The zero-order valence-electron chi connectivity index (χ0n) is 11.2. The average Bonchev–Trinajstić information content (AvgIpc) is 2.68. The van der Waals surface area contributed by atoms with Crippen molar-refractivity contribution in [1.82, 2.24) is 10.2 Å². The Morgan fingerprint density at radius 3 is 1.50 bits per heavy atom. The lowest BCUT2D eigenvalue weighted by atomic mass is 10.3. The van der Waals surface area contributed by atoms with Gasteiger partial charge in [0.25, 0.3) is 6.43 Å². The fourth-order valence-electron chi connectivity index (χ4n) is 0.601. The molecule has 1 aromatic rings. The zero-order valence-corrected chi connectivity index (χ0v) is 11.2. The van der Waals surface area contributed by atoms with Crippen molar-refractivity contribution in [1.29, 1.82) is 0 Å². The number of aromatic nitrogens is 2. The summed E-state index contributed by atoms with van der Waals surface area (Å²) in [6.07, 6.45) is -2.68. The van der Waals surface area contributed by atoms with Crippen LogP contribution in [-0.2, 0) is 0 Å². The van der Waals surface area contributed by atoms with Gasteiger partial charge in [0.15, 0.2) is 0 Å². The molecule has 98 valence electrons. The van der Waals surface area contributed by atoms with Crippen LogP contribution < -0.4 is 0 Å². The number of rotatable bonds is 1. The fourth-order valence-corrected chi connectivity index (χ4v) is 0.601. The number of aromatic amines is 1. The normalized spacial score (nSPS) is 7.94. The van der Waals surface area contributed by atoms with Crippen LogP contribution in [0.1, 0.15) is 59.2 Å². The van der Waals surface area contributed by atoms with E-state index in [4.69, 9.17) is 0 Å². The van der Waals surface area contributed by atoms with E-state index in [0.29, 0.717) is 0 Å². The third-order valence-electron chi connectivity index (χ3n) is 1.21. The van der Waals surface area contributed by atoms with Gasteiger partial charge in [0.2, 0.25) is 5.95 Å². The maximum atomic E-state index is 12.2. The maximum absolute atomic E-state index is 12.2. The molecular weight excluding hydrogens is 217 g/mol. The van der Waals surface area contributed by atoms with Gasteiger partial charge in [0.05, 0.1) is 0 Å². The highest BCUT2D eigenvalue weighted by Gasteiger charge is 2.16. The standard InChI is InChI=1S/C5H5F3N2.3C2H6/c1-2-3(4(6)7)9-10-5(2)8;3*1-2/h4H,1H3,(H,9,10);3*1-2H3. The summed E-state index contributed by atoms with van der Waals surface area (Å²) in [5, 5.41) is 4.86. The Bertz CT molecular complexity index is 235. The lowest BCUT2D eigenvalue weighted by Gasteiger charge is -1.92. The van der Waals surface area contributed by atoms with Crippen molar-refractivity contribution in [3.8, 4) is 0 Å². The molecule has 1 aromatic heterocycles. The summed E-state index contributed by atoms with van der Waals surface area (Å²) in [4.78, 5) is 0. The van der Waals surface area contributed by atoms with Crippen LogP contribution in [-0.4, -0.2) is 10.2 Å². The van der Waals surface area contributed by atoms with Crippen molar-refractivity contribution in [3.63, 3.8) is 0 Å². The van der Waals surface area contributed by atoms with Gasteiger partial charge in [-0.3, -0.25) is 5.10 Å². The molecule has 1 rings (SSSR count). The van der Waals surface area contributed by atoms with E-state index < -0.39 is 18.1 Å². The van der Waals surface area contributed by atoms with Gasteiger partial charge < -0.3 is 0 Å². The Hall–Kier alpha value is -1.00. The highest BCUT2D eigenvalue weighted by atomic mass is 19.3. The smallest absolute Gasteiger partial charge is 0.274 e. The average molecular weight is 240 g/mol. The second-order valence-electron chi connectivity index (χ2n) is 1.85. The zero-order chi connectivity index (χ0) is 13.7. The summed E-state index contributed by atoms with van der Waals surface area (Å²) in [7, 11) is 0. The fraction of sp³-hybridized carbons (Fsp3) is 0.727. The number of nitrogens with zero attached hydrogens (tertiary/aromatic N) is 1. The van der Waals surface area contributed by atoms with Gasteiger partial charge in [-0.2, -0.15) is 4.39 Å². The summed E-state index contributed by atoms with van der Waals surface area (Å²) in [5.41, 5.74) is -0.562. The van der Waals surface area contributed by atoms with E-state index in [1.807, 2.05) is 46.6 Å². The number of halogens is 3. The number of hydrogen-bond donors (Lipinski definition) is 1. The summed E-state index contributed by atoms with van der Waals surface area (Å²) in [6, 6.07) is 0. The van der Waals surface area contributed by atoms with E-state index in [9.17, 15) is 13.2 Å². The first-order chi connectivity index (χ1) is 7.63. The first kappa shape index (κ1) is 20.4. The van der Waals surface area contributed by atoms with E-state index in [1.54, 1.807) is 0 Å². The second-order valence-corrected chi connectivity index (χ2v) is 1.85. The quantitative estimate of drug-likeness (QED) is 0.745. The van der Waals surface area contributed by atoms with E-state index in [2.05, 4.69) is 5.10 Å². The molecule has 0 radical (unpaired) electrons. The summed E-state index contributed by atoms with van der Waals surface area (Å²) < 4.78 is 35.8. The maximum Gasteiger partial charge on any atom is 0.280 e. The minimum atomic E-state index is -2.68. The van der Waals surface area contributed by atoms with Crippen molar-refractivity contribution < 1.29 is 13.2 Å². The van der Waals surface area contributed by atoms with E-state index in [1.165, 1.54) is 6.92 Å². The molecule has 5 heteroatoms. The van der Waals surface area contributed by atoms with Crippen LogP contribution in [0.2, 0.25) is 0 Å². The van der Waals surface area contributed by atoms with Gasteiger partial charge >= 0.3 is 0 Å². The van der Waals surface area contributed by atoms with Gasteiger partial charge in [0, 0.05) is 5.56 Å². The number of alkyl halides is 2. The van der Waals surface area contributed by atoms with Crippen molar-refractivity contribution in [2.45, 2.75) is 54.9 Å². The van der Waals surface area contributed by atoms with Crippen LogP contribution >= 0.6 is 0 Å². The van der Waals surface area contributed by atoms with Gasteiger partial charge in [0.1, 0.15) is 5.69 Å². The van der Waals surface area contributed by atoms with Crippen LogP contribution in [0.25, 0.3) is 0 Å². The topological polar surface area (TPSA) is 28.7 Å². The SMILES string of the molecule is CC.CC.CC.Cc1c(F)n[nH]c1C(F)F. The molecule has 0 amide bonds. The molecule has 0 spiro atoms. The Kier molecular flexibility index (Phi) is 17.9. The monoisotopic (exact) mass is 240 g/mol. The predicted octanol–water partition coefficient (Wildman–Crippen LogP) is 4.87. The first-order valence-electron chi connectivity index (χ1n) is 5.61. The minimum Gasteiger partial charge on any atom is -0.274 e. The lowest BCUT2D eigenvalue weighted by Crippen LogP contribution is -1.86. The molecular formula is C11H23F3N2. The summed E-state index contributed by atoms with van der Waals surface area (Å²) in [5.74, 6) is -0.865. The third kappa shape index (κ3) is 7.31. The molecule has 1 heterocycles. The Morgan fingerprint density at radius 1 is 1.00 bits per heavy atom. The molecule has 0 saturated carbocycles. The van der Waals surface area contributed by atoms with Crippen LogP contribution in [0.4, 0.5) is 13.2 Å². The first-order valence-corrected chi connectivity index (χ1v) is 5.61. The molecule has 0 unspecified atom stereocenters. The highest BCUT2D eigenvalue weighted by molar-refractivity contribution is 5.16. The molecule has 0 aromatic carbocycles. The molecule has 0 fully saturated rings. The Labute approximate surface area is 96.3 Å². The van der Waals surface area contributed by atoms with Crippen molar-refractivity contribution in [2.75, 3.05) is 0 Å². The van der Waals surface area contributed by atoms with Crippen LogP contribution in [0.3, 0.4) is 0 Å². The van der Waals surface area contributed by atoms with Crippen molar-refractivity contribution in [3.05, 3.63) is 17.2 Å². The van der Waals surface area contributed by atoms with E-state index >= 15 is 0 Å². The van der Waals surface area contributed by atoms with Gasteiger partial charge in [-0.05, 0) is 6.92 Å². The van der Waals surface area contributed by atoms with Crippen LogP contribution in [0.5, 0.6) is 0 Å². The van der Waals surface area contributed by atoms with Gasteiger partial charge in [-0.15, -0.1) is 5.10 Å². The molecule has 0 bridgehead atoms. The molecule has 2 nitrogen and oxygen atoms in total. The number of H-pyrrole nitrogens is 1. The minimum absolute atomic E-state index is 0.116. The molecule has 0 saturated heterocycles. The van der Waals surface area contributed by atoms with Crippen LogP contribution in [0, 0.1) is 12.9 Å². The van der Waals surface area contributed by atoms with Gasteiger partial charge in [-0.1, -0.05) is 41.5 Å². The van der Waals surface area contributed by atoms with E-state index in [-0.39, 0.29) is 5.56 Å². The lowest BCUT2D eigenvalue weighted by molar-refractivity contribution is 0.145. The summed E-state index contributed by atoms with van der Waals surface area (Å²) in [6.45, 7) is 13.3.